The maximum Gasteiger partial charge on any atom is 0.260 e. The first-order valence-corrected chi connectivity index (χ1v) is 7.75. The van der Waals surface area contributed by atoms with Crippen LogP contribution in [0, 0.1) is 0 Å². The lowest BCUT2D eigenvalue weighted by Gasteiger charge is -2.15. The van der Waals surface area contributed by atoms with Gasteiger partial charge in [-0.2, -0.15) is 0 Å². The van der Waals surface area contributed by atoms with Crippen molar-refractivity contribution >= 4 is 23.1 Å². The minimum atomic E-state index is -0.506. The van der Waals surface area contributed by atoms with E-state index in [-0.39, 0.29) is 5.91 Å². The Kier molecular flexibility index (Phi) is 7.75. The zero-order chi connectivity index (χ0) is 15.7. The molecule has 4 nitrogen and oxygen atoms in total. The summed E-state index contributed by atoms with van der Waals surface area (Å²) in [6.07, 6.45) is 3.33. The molecule has 1 aromatic rings. The van der Waals surface area contributed by atoms with E-state index in [1.54, 1.807) is 6.92 Å². The molecule has 1 amide bonds. The van der Waals surface area contributed by atoms with Gasteiger partial charge >= 0.3 is 0 Å². The molecule has 0 heterocycles. The van der Waals surface area contributed by atoms with Crippen molar-refractivity contribution in [2.45, 2.75) is 45.6 Å². The SMILES string of the molecule is CCCCCNC(=O)C(C)Oc1ccc(CC(N)=S)cc1. The van der Waals surface area contributed by atoms with Crippen LogP contribution in [0.25, 0.3) is 0 Å². The molecule has 5 heteroatoms. The van der Waals surface area contributed by atoms with Gasteiger partial charge in [-0.25, -0.2) is 0 Å². The number of unbranched alkanes of at least 4 members (excludes halogenated alkanes) is 2. The number of nitrogens with one attached hydrogen (secondary N) is 1. The van der Waals surface area contributed by atoms with Gasteiger partial charge in [0.2, 0.25) is 0 Å². The number of hydrogen-bond donors (Lipinski definition) is 2. The third-order valence-electron chi connectivity index (χ3n) is 3.06. The van der Waals surface area contributed by atoms with Crippen molar-refractivity contribution in [3.8, 4) is 5.75 Å². The average molecular weight is 308 g/mol. The Hall–Kier alpha value is -1.62. The van der Waals surface area contributed by atoms with Crippen LogP contribution >= 0.6 is 12.2 Å². The fourth-order valence-corrected chi connectivity index (χ4v) is 2.04. The standard InChI is InChI=1S/C16H24N2O2S/c1-3-4-5-10-18-16(19)12(2)20-14-8-6-13(7-9-14)11-15(17)21/h6-9,12H,3-5,10-11H2,1-2H3,(H2,17,21)(H,18,19). The predicted molar refractivity (Wildman–Crippen MR) is 89.6 cm³/mol. The Labute approximate surface area is 132 Å². The first-order chi connectivity index (χ1) is 10.0. The number of amides is 1. The fraction of sp³-hybridized carbons (Fsp3) is 0.500. The summed E-state index contributed by atoms with van der Waals surface area (Å²) in [4.78, 5) is 12.3. The first kappa shape index (κ1) is 17.4. The van der Waals surface area contributed by atoms with E-state index in [2.05, 4.69) is 12.2 Å². The van der Waals surface area contributed by atoms with E-state index in [1.165, 1.54) is 0 Å². The Balaban J connectivity index is 2.41. The number of nitrogens with two attached hydrogens (primary N) is 1. The van der Waals surface area contributed by atoms with Crippen LogP contribution in [0.2, 0.25) is 0 Å². The summed E-state index contributed by atoms with van der Waals surface area (Å²) >= 11 is 4.87. The van der Waals surface area contributed by atoms with Crippen LogP contribution in [-0.2, 0) is 11.2 Å². The van der Waals surface area contributed by atoms with Gasteiger partial charge in [-0.3, -0.25) is 4.79 Å². The molecule has 1 aromatic carbocycles. The van der Waals surface area contributed by atoms with E-state index in [9.17, 15) is 4.79 Å². The van der Waals surface area contributed by atoms with Gasteiger partial charge in [-0.05, 0) is 31.0 Å². The van der Waals surface area contributed by atoms with Gasteiger partial charge in [0, 0.05) is 13.0 Å². The molecule has 0 aliphatic rings. The molecule has 0 saturated heterocycles. The number of carbonyl (C=O) groups excluding carboxylic acids is 1. The summed E-state index contributed by atoms with van der Waals surface area (Å²) < 4.78 is 5.62. The van der Waals surface area contributed by atoms with Gasteiger partial charge in [0.05, 0.1) is 4.99 Å². The van der Waals surface area contributed by atoms with Crippen LogP contribution in [0.4, 0.5) is 0 Å². The molecule has 21 heavy (non-hydrogen) atoms. The molecule has 0 bridgehead atoms. The summed E-state index contributed by atoms with van der Waals surface area (Å²) in [5.41, 5.74) is 6.53. The first-order valence-electron chi connectivity index (χ1n) is 7.34. The predicted octanol–water partition coefficient (Wildman–Crippen LogP) is 2.59. The fourth-order valence-electron chi connectivity index (χ4n) is 1.88. The molecule has 3 N–H and O–H groups in total. The molecule has 1 rings (SSSR count). The molecule has 0 saturated carbocycles. The zero-order valence-electron chi connectivity index (χ0n) is 12.7. The lowest BCUT2D eigenvalue weighted by Crippen LogP contribution is -2.36. The molecule has 0 radical (unpaired) electrons. The van der Waals surface area contributed by atoms with Crippen molar-refractivity contribution in [3.05, 3.63) is 29.8 Å². The number of hydrogen-bond acceptors (Lipinski definition) is 3. The number of carbonyl (C=O) groups is 1. The molecular weight excluding hydrogens is 284 g/mol. The van der Waals surface area contributed by atoms with Gasteiger partial charge in [0.1, 0.15) is 5.75 Å². The lowest BCUT2D eigenvalue weighted by molar-refractivity contribution is -0.127. The summed E-state index contributed by atoms with van der Waals surface area (Å²) in [6, 6.07) is 7.46. The van der Waals surface area contributed by atoms with Crippen molar-refractivity contribution in [2.24, 2.45) is 5.73 Å². The molecule has 0 spiro atoms. The molecule has 1 unspecified atom stereocenters. The third-order valence-corrected chi connectivity index (χ3v) is 3.21. The lowest BCUT2D eigenvalue weighted by atomic mass is 10.1. The molecule has 0 aromatic heterocycles. The summed E-state index contributed by atoms with van der Waals surface area (Å²) in [5, 5.41) is 2.88. The highest BCUT2D eigenvalue weighted by Gasteiger charge is 2.13. The Morgan fingerprint density at radius 3 is 2.57 bits per heavy atom. The van der Waals surface area contributed by atoms with Crippen LogP contribution in [0.1, 0.15) is 38.7 Å². The van der Waals surface area contributed by atoms with Gasteiger partial charge in [0.25, 0.3) is 5.91 Å². The highest BCUT2D eigenvalue weighted by molar-refractivity contribution is 7.80. The van der Waals surface area contributed by atoms with Gasteiger partial charge in [-0.15, -0.1) is 0 Å². The van der Waals surface area contributed by atoms with Gasteiger partial charge in [-0.1, -0.05) is 44.1 Å². The minimum absolute atomic E-state index is 0.0849. The Bertz CT molecular complexity index is 460. The van der Waals surface area contributed by atoms with Crippen molar-refractivity contribution in [2.75, 3.05) is 6.54 Å². The van der Waals surface area contributed by atoms with Gasteiger partial charge < -0.3 is 15.8 Å². The second kappa shape index (κ2) is 9.34. The largest absolute Gasteiger partial charge is 0.481 e. The number of benzene rings is 1. The van der Waals surface area contributed by atoms with E-state index in [0.29, 0.717) is 23.7 Å². The van der Waals surface area contributed by atoms with Crippen LogP contribution in [-0.4, -0.2) is 23.5 Å². The topological polar surface area (TPSA) is 64.3 Å². The number of thiocarbonyl (C=S) groups is 1. The molecule has 0 fully saturated rings. The van der Waals surface area contributed by atoms with Crippen molar-refractivity contribution in [3.63, 3.8) is 0 Å². The second-order valence-corrected chi connectivity index (χ2v) is 5.57. The van der Waals surface area contributed by atoms with Crippen molar-refractivity contribution in [1.82, 2.24) is 5.32 Å². The van der Waals surface area contributed by atoms with Crippen molar-refractivity contribution in [1.29, 1.82) is 0 Å². The smallest absolute Gasteiger partial charge is 0.260 e. The second-order valence-electron chi connectivity index (χ2n) is 5.05. The van der Waals surface area contributed by atoms with E-state index in [1.807, 2.05) is 24.3 Å². The molecule has 0 aliphatic heterocycles. The highest BCUT2D eigenvalue weighted by Crippen LogP contribution is 2.14. The van der Waals surface area contributed by atoms with Gasteiger partial charge in [0.15, 0.2) is 6.10 Å². The van der Waals surface area contributed by atoms with Crippen LogP contribution in [0.15, 0.2) is 24.3 Å². The summed E-state index contributed by atoms with van der Waals surface area (Å²) in [6.45, 7) is 4.58. The summed E-state index contributed by atoms with van der Waals surface area (Å²) in [5.74, 6) is 0.580. The third kappa shape index (κ3) is 7.09. The number of rotatable bonds is 9. The van der Waals surface area contributed by atoms with Crippen LogP contribution < -0.4 is 15.8 Å². The van der Waals surface area contributed by atoms with Crippen LogP contribution in [0.3, 0.4) is 0 Å². The van der Waals surface area contributed by atoms with E-state index >= 15 is 0 Å². The maximum atomic E-state index is 11.9. The molecule has 1 atom stereocenters. The summed E-state index contributed by atoms with van der Waals surface area (Å²) in [7, 11) is 0. The van der Waals surface area contributed by atoms with Crippen molar-refractivity contribution < 1.29 is 9.53 Å². The minimum Gasteiger partial charge on any atom is -0.481 e. The Morgan fingerprint density at radius 1 is 1.33 bits per heavy atom. The quantitative estimate of drug-likeness (QED) is 0.543. The molecule has 116 valence electrons. The Morgan fingerprint density at radius 2 is 2.00 bits per heavy atom. The zero-order valence-corrected chi connectivity index (χ0v) is 13.5. The van der Waals surface area contributed by atoms with Crippen LogP contribution in [0.5, 0.6) is 5.75 Å². The van der Waals surface area contributed by atoms with E-state index < -0.39 is 6.10 Å². The average Bonchev–Trinajstić information content (AvgIpc) is 2.45. The highest BCUT2D eigenvalue weighted by atomic mass is 32.1. The van der Waals surface area contributed by atoms with E-state index in [4.69, 9.17) is 22.7 Å². The normalized spacial score (nSPS) is 11.7. The maximum absolute atomic E-state index is 11.9. The molecule has 0 aliphatic carbocycles. The number of ether oxygens (including phenoxy) is 1. The van der Waals surface area contributed by atoms with E-state index in [0.717, 1.165) is 24.8 Å². The molecular formula is C16H24N2O2S. The monoisotopic (exact) mass is 308 g/mol.